The van der Waals surface area contributed by atoms with Crippen molar-refractivity contribution in [1.29, 1.82) is 0 Å². The Morgan fingerprint density at radius 2 is 1.79 bits per heavy atom. The lowest BCUT2D eigenvalue weighted by Gasteiger charge is -2.23. The molecule has 0 spiro atoms. The molecular weight excluding hydrogens is 242 g/mol. The predicted molar refractivity (Wildman–Crippen MR) is 73.9 cm³/mol. The summed E-state index contributed by atoms with van der Waals surface area (Å²) in [6.07, 6.45) is 0.599. The van der Waals surface area contributed by atoms with Gasteiger partial charge in [0.15, 0.2) is 0 Å². The van der Waals surface area contributed by atoms with Crippen LogP contribution in [-0.4, -0.2) is 22.5 Å². The SMILES string of the molecule is Cc1ccc(CC(C)C(=O)NC(C)(C)C(=O)O)cc1. The van der Waals surface area contributed by atoms with Crippen LogP contribution in [0.15, 0.2) is 24.3 Å². The van der Waals surface area contributed by atoms with Crippen molar-refractivity contribution in [2.24, 2.45) is 5.92 Å². The second-order valence-corrected chi connectivity index (χ2v) is 5.51. The number of amides is 1. The van der Waals surface area contributed by atoms with Crippen molar-refractivity contribution in [3.8, 4) is 0 Å². The van der Waals surface area contributed by atoms with Gasteiger partial charge in [-0.05, 0) is 32.8 Å². The molecule has 0 saturated carbocycles. The molecule has 0 radical (unpaired) electrons. The largest absolute Gasteiger partial charge is 0.480 e. The van der Waals surface area contributed by atoms with Crippen molar-refractivity contribution in [3.05, 3.63) is 35.4 Å². The van der Waals surface area contributed by atoms with Crippen LogP contribution in [0.1, 0.15) is 31.9 Å². The zero-order valence-electron chi connectivity index (χ0n) is 11.9. The number of benzene rings is 1. The molecule has 4 nitrogen and oxygen atoms in total. The Morgan fingerprint density at radius 1 is 1.26 bits per heavy atom. The fourth-order valence-electron chi connectivity index (χ4n) is 1.66. The molecule has 0 aromatic heterocycles. The summed E-state index contributed by atoms with van der Waals surface area (Å²) in [5.41, 5.74) is 1.01. The number of carbonyl (C=O) groups is 2. The van der Waals surface area contributed by atoms with Gasteiger partial charge in [0, 0.05) is 5.92 Å². The minimum absolute atomic E-state index is 0.243. The minimum Gasteiger partial charge on any atom is -0.480 e. The highest BCUT2D eigenvalue weighted by Gasteiger charge is 2.30. The van der Waals surface area contributed by atoms with Crippen LogP contribution in [0.4, 0.5) is 0 Å². The molecular formula is C15H21NO3. The van der Waals surface area contributed by atoms with Crippen molar-refractivity contribution in [3.63, 3.8) is 0 Å². The van der Waals surface area contributed by atoms with E-state index in [2.05, 4.69) is 5.32 Å². The number of hydrogen-bond acceptors (Lipinski definition) is 2. The Morgan fingerprint density at radius 3 is 2.26 bits per heavy atom. The van der Waals surface area contributed by atoms with Crippen LogP contribution < -0.4 is 5.32 Å². The van der Waals surface area contributed by atoms with Crippen molar-refractivity contribution in [2.75, 3.05) is 0 Å². The van der Waals surface area contributed by atoms with Crippen LogP contribution in [-0.2, 0) is 16.0 Å². The van der Waals surface area contributed by atoms with Gasteiger partial charge in [-0.3, -0.25) is 4.79 Å². The smallest absolute Gasteiger partial charge is 0.328 e. The van der Waals surface area contributed by atoms with Gasteiger partial charge in [-0.2, -0.15) is 0 Å². The Labute approximate surface area is 113 Å². The zero-order chi connectivity index (χ0) is 14.6. The van der Waals surface area contributed by atoms with Gasteiger partial charge in [-0.25, -0.2) is 4.79 Å². The standard InChI is InChI=1S/C15H21NO3/c1-10-5-7-12(8-6-10)9-11(2)13(17)16-15(3,4)14(18)19/h5-8,11H,9H2,1-4H3,(H,16,17)(H,18,19). The maximum atomic E-state index is 12.0. The fraction of sp³-hybridized carbons (Fsp3) is 0.467. The Hall–Kier alpha value is -1.84. The summed E-state index contributed by atoms with van der Waals surface area (Å²) in [4.78, 5) is 22.9. The monoisotopic (exact) mass is 263 g/mol. The second kappa shape index (κ2) is 5.87. The third kappa shape index (κ3) is 4.39. The highest BCUT2D eigenvalue weighted by atomic mass is 16.4. The predicted octanol–water partition coefficient (Wildman–Crippen LogP) is 2.15. The molecule has 0 bridgehead atoms. The van der Waals surface area contributed by atoms with Gasteiger partial charge in [-0.1, -0.05) is 36.8 Å². The first-order valence-electron chi connectivity index (χ1n) is 6.33. The normalized spacial score (nSPS) is 12.8. The molecule has 19 heavy (non-hydrogen) atoms. The minimum atomic E-state index is -1.24. The van der Waals surface area contributed by atoms with E-state index < -0.39 is 11.5 Å². The first-order chi connectivity index (χ1) is 8.72. The van der Waals surface area contributed by atoms with Crippen LogP contribution in [0.25, 0.3) is 0 Å². The number of rotatable bonds is 5. The molecule has 0 saturated heterocycles. The van der Waals surface area contributed by atoms with E-state index in [0.717, 1.165) is 5.56 Å². The van der Waals surface area contributed by atoms with E-state index in [-0.39, 0.29) is 11.8 Å². The second-order valence-electron chi connectivity index (χ2n) is 5.51. The van der Waals surface area contributed by atoms with Crippen molar-refractivity contribution in [2.45, 2.75) is 39.7 Å². The van der Waals surface area contributed by atoms with Crippen LogP contribution in [0.3, 0.4) is 0 Å². The summed E-state index contributed by atoms with van der Waals surface area (Å²) in [5, 5.41) is 11.5. The molecule has 0 aliphatic carbocycles. The van der Waals surface area contributed by atoms with Crippen LogP contribution in [0.2, 0.25) is 0 Å². The van der Waals surface area contributed by atoms with E-state index in [1.165, 1.54) is 19.4 Å². The molecule has 1 aromatic rings. The molecule has 0 aliphatic rings. The number of aliphatic carboxylic acids is 1. The average molecular weight is 263 g/mol. The molecule has 0 fully saturated rings. The number of carboxylic acids is 1. The topological polar surface area (TPSA) is 66.4 Å². The Bertz CT molecular complexity index is 463. The van der Waals surface area contributed by atoms with E-state index in [1.54, 1.807) is 6.92 Å². The lowest BCUT2D eigenvalue weighted by atomic mass is 9.97. The fourth-order valence-corrected chi connectivity index (χ4v) is 1.66. The van der Waals surface area contributed by atoms with Gasteiger partial charge < -0.3 is 10.4 Å². The summed E-state index contributed by atoms with van der Waals surface area (Å²) in [5.74, 6) is -1.54. The summed E-state index contributed by atoms with van der Waals surface area (Å²) in [7, 11) is 0. The summed E-state index contributed by atoms with van der Waals surface area (Å²) < 4.78 is 0. The molecule has 4 heteroatoms. The first kappa shape index (κ1) is 15.2. The van der Waals surface area contributed by atoms with Gasteiger partial charge in [-0.15, -0.1) is 0 Å². The molecule has 104 valence electrons. The van der Waals surface area contributed by atoms with Gasteiger partial charge in [0.2, 0.25) is 5.91 Å². The van der Waals surface area contributed by atoms with E-state index in [9.17, 15) is 9.59 Å². The maximum Gasteiger partial charge on any atom is 0.328 e. The maximum absolute atomic E-state index is 12.0. The summed E-state index contributed by atoms with van der Waals surface area (Å²) >= 11 is 0. The Balaban J connectivity index is 2.63. The molecule has 1 aromatic carbocycles. The molecule has 1 atom stereocenters. The molecule has 1 rings (SSSR count). The van der Waals surface area contributed by atoms with Crippen molar-refractivity contribution >= 4 is 11.9 Å². The van der Waals surface area contributed by atoms with Crippen LogP contribution in [0.5, 0.6) is 0 Å². The van der Waals surface area contributed by atoms with E-state index >= 15 is 0 Å². The molecule has 0 heterocycles. The van der Waals surface area contributed by atoms with E-state index in [4.69, 9.17) is 5.11 Å². The molecule has 1 amide bonds. The Kier molecular flexibility index (Phi) is 4.70. The van der Waals surface area contributed by atoms with E-state index in [0.29, 0.717) is 6.42 Å². The molecule has 1 unspecified atom stereocenters. The van der Waals surface area contributed by atoms with Gasteiger partial charge >= 0.3 is 5.97 Å². The average Bonchev–Trinajstić information content (AvgIpc) is 2.31. The zero-order valence-corrected chi connectivity index (χ0v) is 11.9. The third-order valence-electron chi connectivity index (χ3n) is 3.08. The highest BCUT2D eigenvalue weighted by molar-refractivity contribution is 5.87. The van der Waals surface area contributed by atoms with Crippen LogP contribution in [0, 0.1) is 12.8 Å². The molecule has 2 N–H and O–H groups in total. The number of carbonyl (C=O) groups excluding carboxylic acids is 1. The molecule has 0 aliphatic heterocycles. The van der Waals surface area contributed by atoms with Gasteiger partial charge in [0.1, 0.15) is 5.54 Å². The highest BCUT2D eigenvalue weighted by Crippen LogP contribution is 2.12. The lowest BCUT2D eigenvalue weighted by molar-refractivity contribution is -0.146. The number of hydrogen-bond donors (Lipinski definition) is 2. The quantitative estimate of drug-likeness (QED) is 0.855. The summed E-state index contributed by atoms with van der Waals surface area (Å²) in [6.45, 7) is 6.76. The van der Waals surface area contributed by atoms with Crippen molar-refractivity contribution in [1.82, 2.24) is 5.32 Å². The number of aryl methyl sites for hydroxylation is 1. The first-order valence-corrected chi connectivity index (χ1v) is 6.33. The number of nitrogens with one attached hydrogen (secondary N) is 1. The van der Waals surface area contributed by atoms with E-state index in [1.807, 2.05) is 31.2 Å². The van der Waals surface area contributed by atoms with Gasteiger partial charge in [0.25, 0.3) is 0 Å². The number of carboxylic acid groups (broad SMARTS) is 1. The third-order valence-corrected chi connectivity index (χ3v) is 3.08. The lowest BCUT2D eigenvalue weighted by Crippen LogP contribution is -2.51. The van der Waals surface area contributed by atoms with Crippen molar-refractivity contribution < 1.29 is 14.7 Å². The summed E-state index contributed by atoms with van der Waals surface area (Å²) in [6, 6.07) is 7.98. The van der Waals surface area contributed by atoms with Crippen LogP contribution >= 0.6 is 0 Å². The van der Waals surface area contributed by atoms with Gasteiger partial charge in [0.05, 0.1) is 0 Å².